The maximum Gasteiger partial charge on any atom is 0.152 e. The van der Waals surface area contributed by atoms with Gasteiger partial charge in [0.25, 0.3) is 0 Å². The molecule has 2 nitrogen and oxygen atoms in total. The Labute approximate surface area is 69.0 Å². The molecular formula is C9H7FO2. The van der Waals surface area contributed by atoms with E-state index >= 15 is 0 Å². The molecule has 0 unspecified atom stereocenters. The highest BCUT2D eigenvalue weighted by molar-refractivity contribution is 5.75. The van der Waals surface area contributed by atoms with Crippen LogP contribution in [0.2, 0.25) is 0 Å². The number of carbonyl (C=O) groups is 2. The fourth-order valence-corrected chi connectivity index (χ4v) is 0.889. The van der Waals surface area contributed by atoms with E-state index in [4.69, 9.17) is 0 Å². The maximum absolute atomic E-state index is 12.8. The molecule has 62 valence electrons. The first kappa shape index (κ1) is 8.59. The van der Waals surface area contributed by atoms with Crippen LogP contribution in [0.1, 0.15) is 15.9 Å². The highest BCUT2D eigenvalue weighted by atomic mass is 19.1. The number of carbonyl (C=O) groups excluding carboxylic acids is 2. The predicted octanol–water partition coefficient (Wildman–Crippen LogP) is 1.38. The van der Waals surface area contributed by atoms with E-state index in [2.05, 4.69) is 0 Å². The van der Waals surface area contributed by atoms with Gasteiger partial charge in [-0.1, -0.05) is 6.07 Å². The lowest BCUT2D eigenvalue weighted by Gasteiger charge is -1.96. The fraction of sp³-hybridized carbons (Fsp3) is 0.111. The van der Waals surface area contributed by atoms with Crippen molar-refractivity contribution in [2.75, 3.05) is 0 Å². The van der Waals surface area contributed by atoms with Crippen LogP contribution in [-0.2, 0) is 11.2 Å². The molecule has 0 radical (unpaired) electrons. The molecule has 0 N–H and O–H groups in total. The molecule has 0 fully saturated rings. The summed E-state index contributed by atoms with van der Waals surface area (Å²) in [5.41, 5.74) is 0.595. The summed E-state index contributed by atoms with van der Waals surface area (Å²) in [4.78, 5) is 20.2. The Morgan fingerprint density at radius 3 is 2.58 bits per heavy atom. The average Bonchev–Trinajstić information content (AvgIpc) is 2.05. The van der Waals surface area contributed by atoms with E-state index in [0.717, 1.165) is 0 Å². The average molecular weight is 166 g/mol. The minimum absolute atomic E-state index is 0.0182. The number of hydrogen-bond acceptors (Lipinski definition) is 2. The van der Waals surface area contributed by atoms with Gasteiger partial charge in [-0.15, -0.1) is 0 Å². The summed E-state index contributed by atoms with van der Waals surface area (Å²) in [6.07, 6.45) is 1.31. The second-order valence-electron chi connectivity index (χ2n) is 2.34. The van der Waals surface area contributed by atoms with Gasteiger partial charge in [0.05, 0.1) is 5.56 Å². The molecule has 0 spiro atoms. The van der Waals surface area contributed by atoms with Crippen LogP contribution in [0, 0.1) is 5.82 Å². The first-order valence-corrected chi connectivity index (χ1v) is 3.45. The van der Waals surface area contributed by atoms with Gasteiger partial charge in [0.15, 0.2) is 6.29 Å². The lowest BCUT2D eigenvalue weighted by Crippen LogP contribution is -1.91. The van der Waals surface area contributed by atoms with Gasteiger partial charge < -0.3 is 4.79 Å². The van der Waals surface area contributed by atoms with Crippen molar-refractivity contribution in [3.8, 4) is 0 Å². The van der Waals surface area contributed by atoms with Crippen molar-refractivity contribution in [2.24, 2.45) is 0 Å². The Morgan fingerprint density at radius 1 is 1.33 bits per heavy atom. The highest BCUT2D eigenvalue weighted by Crippen LogP contribution is 2.08. The van der Waals surface area contributed by atoms with Crippen LogP contribution >= 0.6 is 0 Å². The summed E-state index contributed by atoms with van der Waals surface area (Å²) in [5.74, 6) is -0.579. The van der Waals surface area contributed by atoms with Crippen LogP contribution in [-0.4, -0.2) is 12.6 Å². The number of halogens is 1. The summed E-state index contributed by atoms with van der Waals surface area (Å²) in [7, 11) is 0. The third kappa shape index (κ3) is 1.75. The molecule has 0 bridgehead atoms. The molecule has 0 heterocycles. The van der Waals surface area contributed by atoms with Crippen molar-refractivity contribution in [1.82, 2.24) is 0 Å². The Balaban J connectivity index is 3.00. The van der Waals surface area contributed by atoms with Crippen molar-refractivity contribution < 1.29 is 14.0 Å². The normalized spacial score (nSPS) is 9.42. The Bertz CT molecular complexity index is 307. The Kier molecular flexibility index (Phi) is 2.69. The van der Waals surface area contributed by atoms with Gasteiger partial charge in [-0.3, -0.25) is 4.79 Å². The first-order valence-electron chi connectivity index (χ1n) is 3.45. The zero-order valence-electron chi connectivity index (χ0n) is 6.29. The minimum atomic E-state index is -0.579. The smallest absolute Gasteiger partial charge is 0.152 e. The molecule has 0 aliphatic rings. The topological polar surface area (TPSA) is 34.1 Å². The van der Waals surface area contributed by atoms with Gasteiger partial charge in [-0.2, -0.15) is 0 Å². The minimum Gasteiger partial charge on any atom is -0.303 e. The van der Waals surface area contributed by atoms with Crippen LogP contribution < -0.4 is 0 Å². The standard InChI is InChI=1S/C9H7FO2/c10-9-5-7(3-4-11)1-2-8(9)6-12/h1-2,4-6H,3H2. The molecule has 0 aliphatic heterocycles. The monoisotopic (exact) mass is 166 g/mol. The molecule has 0 saturated carbocycles. The lowest BCUT2D eigenvalue weighted by atomic mass is 10.1. The largest absolute Gasteiger partial charge is 0.303 e. The highest BCUT2D eigenvalue weighted by Gasteiger charge is 2.01. The van der Waals surface area contributed by atoms with E-state index in [9.17, 15) is 14.0 Å². The molecule has 0 atom stereocenters. The molecule has 3 heteroatoms. The third-order valence-electron chi connectivity index (χ3n) is 1.51. The van der Waals surface area contributed by atoms with E-state index in [1.807, 2.05) is 0 Å². The van der Waals surface area contributed by atoms with E-state index in [0.29, 0.717) is 18.1 Å². The zero-order chi connectivity index (χ0) is 8.97. The number of hydrogen-bond donors (Lipinski definition) is 0. The molecule has 0 aromatic heterocycles. The Morgan fingerprint density at radius 2 is 2.08 bits per heavy atom. The molecule has 1 rings (SSSR count). The molecule has 0 saturated heterocycles. The van der Waals surface area contributed by atoms with Gasteiger partial charge in [0, 0.05) is 6.42 Å². The van der Waals surface area contributed by atoms with E-state index < -0.39 is 5.82 Å². The van der Waals surface area contributed by atoms with Gasteiger partial charge in [0.2, 0.25) is 0 Å². The summed E-state index contributed by atoms with van der Waals surface area (Å²) < 4.78 is 12.8. The van der Waals surface area contributed by atoms with Crippen LogP contribution in [0.5, 0.6) is 0 Å². The second-order valence-corrected chi connectivity index (χ2v) is 2.34. The summed E-state index contributed by atoms with van der Waals surface area (Å²) >= 11 is 0. The van der Waals surface area contributed by atoms with Crippen molar-refractivity contribution in [3.05, 3.63) is 35.1 Å². The van der Waals surface area contributed by atoms with Gasteiger partial charge in [0.1, 0.15) is 12.1 Å². The third-order valence-corrected chi connectivity index (χ3v) is 1.51. The van der Waals surface area contributed by atoms with Crippen molar-refractivity contribution in [2.45, 2.75) is 6.42 Å². The number of benzene rings is 1. The molecule has 1 aromatic carbocycles. The molecule has 1 aromatic rings. The summed E-state index contributed by atoms with van der Waals surface area (Å²) in [6, 6.07) is 4.11. The Hall–Kier alpha value is -1.51. The maximum atomic E-state index is 12.8. The molecule has 0 aliphatic carbocycles. The zero-order valence-corrected chi connectivity index (χ0v) is 6.29. The predicted molar refractivity (Wildman–Crippen MR) is 41.6 cm³/mol. The van der Waals surface area contributed by atoms with Crippen LogP contribution in [0.15, 0.2) is 18.2 Å². The summed E-state index contributed by atoms with van der Waals surface area (Å²) in [5, 5.41) is 0. The summed E-state index contributed by atoms with van der Waals surface area (Å²) in [6.45, 7) is 0. The van der Waals surface area contributed by atoms with Crippen LogP contribution in [0.4, 0.5) is 4.39 Å². The van der Waals surface area contributed by atoms with Gasteiger partial charge in [-0.05, 0) is 17.7 Å². The molecular weight excluding hydrogens is 159 g/mol. The molecule has 12 heavy (non-hydrogen) atoms. The number of aldehydes is 2. The lowest BCUT2D eigenvalue weighted by molar-refractivity contribution is -0.107. The van der Waals surface area contributed by atoms with E-state index in [1.54, 1.807) is 6.07 Å². The molecule has 0 amide bonds. The number of rotatable bonds is 3. The van der Waals surface area contributed by atoms with E-state index in [-0.39, 0.29) is 12.0 Å². The van der Waals surface area contributed by atoms with E-state index in [1.165, 1.54) is 12.1 Å². The quantitative estimate of drug-likeness (QED) is 0.635. The van der Waals surface area contributed by atoms with Gasteiger partial charge >= 0.3 is 0 Å². The van der Waals surface area contributed by atoms with Crippen molar-refractivity contribution in [3.63, 3.8) is 0 Å². The van der Waals surface area contributed by atoms with Crippen LogP contribution in [0.3, 0.4) is 0 Å². The SMILES string of the molecule is O=CCc1ccc(C=O)c(F)c1. The fourth-order valence-electron chi connectivity index (χ4n) is 0.889. The van der Waals surface area contributed by atoms with Gasteiger partial charge in [-0.25, -0.2) is 4.39 Å². The van der Waals surface area contributed by atoms with Crippen LogP contribution in [0.25, 0.3) is 0 Å². The van der Waals surface area contributed by atoms with Crippen molar-refractivity contribution in [1.29, 1.82) is 0 Å². The second kappa shape index (κ2) is 3.76. The van der Waals surface area contributed by atoms with Crippen molar-refractivity contribution >= 4 is 12.6 Å². The first-order chi connectivity index (χ1) is 5.77.